The summed E-state index contributed by atoms with van der Waals surface area (Å²) < 4.78 is 1.77. The first-order valence-corrected chi connectivity index (χ1v) is 7.11. The van der Waals surface area contributed by atoms with Gasteiger partial charge in [0.25, 0.3) is 5.91 Å². The summed E-state index contributed by atoms with van der Waals surface area (Å²) in [5.41, 5.74) is 3.79. The molecule has 1 aromatic carbocycles. The van der Waals surface area contributed by atoms with Gasteiger partial charge in [-0.1, -0.05) is 19.1 Å². The minimum atomic E-state index is -0.0878. The summed E-state index contributed by atoms with van der Waals surface area (Å²) in [5.74, 6) is -0.0878. The Labute approximate surface area is 125 Å². The van der Waals surface area contributed by atoms with E-state index in [1.807, 2.05) is 13.1 Å². The summed E-state index contributed by atoms with van der Waals surface area (Å²) in [6.07, 6.45) is 1.83. The Hall–Kier alpha value is -2.14. The van der Waals surface area contributed by atoms with E-state index in [9.17, 15) is 4.79 Å². The molecule has 0 saturated carbocycles. The number of nitrogens with one attached hydrogen (secondary N) is 1. The van der Waals surface area contributed by atoms with Crippen molar-refractivity contribution in [2.45, 2.75) is 20.4 Å². The zero-order valence-corrected chi connectivity index (χ0v) is 13.1. The molecule has 0 aliphatic rings. The standard InChI is InChI=1S/C16H22N4O/c1-5-17-11-13-7-6-12(2)15(10-13)20-9-8-14(18-20)16(21)19(3)4/h6-10,17H,5,11H2,1-4H3. The lowest BCUT2D eigenvalue weighted by Crippen LogP contribution is -2.22. The fourth-order valence-corrected chi connectivity index (χ4v) is 2.08. The third-order valence-corrected chi connectivity index (χ3v) is 3.31. The van der Waals surface area contributed by atoms with Gasteiger partial charge in [0.05, 0.1) is 5.69 Å². The second-order valence-electron chi connectivity index (χ2n) is 5.25. The smallest absolute Gasteiger partial charge is 0.273 e. The second-order valence-corrected chi connectivity index (χ2v) is 5.25. The molecule has 0 aliphatic heterocycles. The molecule has 1 amide bonds. The van der Waals surface area contributed by atoms with Gasteiger partial charge in [-0.2, -0.15) is 5.10 Å². The highest BCUT2D eigenvalue weighted by Crippen LogP contribution is 2.16. The molecule has 5 nitrogen and oxygen atoms in total. The first-order chi connectivity index (χ1) is 10.0. The molecule has 0 atom stereocenters. The van der Waals surface area contributed by atoms with E-state index in [1.54, 1.807) is 24.8 Å². The van der Waals surface area contributed by atoms with E-state index in [-0.39, 0.29) is 5.91 Å². The highest BCUT2D eigenvalue weighted by atomic mass is 16.2. The van der Waals surface area contributed by atoms with Gasteiger partial charge in [0.2, 0.25) is 0 Å². The zero-order valence-electron chi connectivity index (χ0n) is 13.1. The molecule has 1 aromatic heterocycles. The van der Waals surface area contributed by atoms with Crippen LogP contribution in [0.2, 0.25) is 0 Å². The number of benzene rings is 1. The van der Waals surface area contributed by atoms with Crippen molar-refractivity contribution in [3.05, 3.63) is 47.3 Å². The summed E-state index contributed by atoms with van der Waals surface area (Å²) in [7, 11) is 3.45. The highest BCUT2D eigenvalue weighted by molar-refractivity contribution is 5.91. The second kappa shape index (κ2) is 6.54. The van der Waals surface area contributed by atoms with E-state index in [0.29, 0.717) is 5.69 Å². The van der Waals surface area contributed by atoms with Crippen LogP contribution in [0.15, 0.2) is 30.5 Å². The van der Waals surface area contributed by atoms with Crippen molar-refractivity contribution in [2.75, 3.05) is 20.6 Å². The van der Waals surface area contributed by atoms with Crippen LogP contribution in [-0.4, -0.2) is 41.2 Å². The number of carbonyl (C=O) groups excluding carboxylic acids is 1. The Morgan fingerprint density at radius 2 is 2.10 bits per heavy atom. The molecule has 2 rings (SSSR count). The van der Waals surface area contributed by atoms with Crippen LogP contribution < -0.4 is 5.32 Å². The third kappa shape index (κ3) is 3.49. The van der Waals surface area contributed by atoms with Gasteiger partial charge >= 0.3 is 0 Å². The largest absolute Gasteiger partial charge is 0.343 e. The van der Waals surface area contributed by atoms with Crippen LogP contribution in [0.4, 0.5) is 0 Å². The molecule has 5 heteroatoms. The lowest BCUT2D eigenvalue weighted by Gasteiger charge is -2.10. The highest BCUT2D eigenvalue weighted by Gasteiger charge is 2.12. The number of nitrogens with zero attached hydrogens (tertiary/aromatic N) is 3. The fourth-order valence-electron chi connectivity index (χ4n) is 2.08. The van der Waals surface area contributed by atoms with Crippen LogP contribution in [0, 0.1) is 6.92 Å². The molecular formula is C16H22N4O. The van der Waals surface area contributed by atoms with Crippen molar-refractivity contribution in [1.82, 2.24) is 20.0 Å². The number of hydrogen-bond donors (Lipinski definition) is 1. The van der Waals surface area contributed by atoms with E-state index in [1.165, 1.54) is 10.5 Å². The first-order valence-electron chi connectivity index (χ1n) is 7.11. The van der Waals surface area contributed by atoms with Gasteiger partial charge in [-0.15, -0.1) is 0 Å². The molecule has 112 valence electrons. The minimum Gasteiger partial charge on any atom is -0.343 e. The van der Waals surface area contributed by atoms with Crippen LogP contribution in [0.3, 0.4) is 0 Å². The monoisotopic (exact) mass is 286 g/mol. The number of aryl methyl sites for hydroxylation is 1. The first kappa shape index (κ1) is 15.3. The molecular weight excluding hydrogens is 264 g/mol. The number of rotatable bonds is 5. The summed E-state index contributed by atoms with van der Waals surface area (Å²) in [6, 6.07) is 8.04. The Balaban J connectivity index is 2.31. The van der Waals surface area contributed by atoms with Gasteiger partial charge in [0, 0.05) is 26.8 Å². The number of amides is 1. The molecule has 21 heavy (non-hydrogen) atoms. The average Bonchev–Trinajstić information content (AvgIpc) is 2.95. The van der Waals surface area contributed by atoms with Crippen LogP contribution >= 0.6 is 0 Å². The molecule has 0 saturated heterocycles. The molecule has 1 N–H and O–H groups in total. The van der Waals surface area contributed by atoms with Crippen LogP contribution in [-0.2, 0) is 6.54 Å². The fraction of sp³-hybridized carbons (Fsp3) is 0.375. The molecule has 0 spiro atoms. The quantitative estimate of drug-likeness (QED) is 0.914. The van der Waals surface area contributed by atoms with E-state index in [0.717, 1.165) is 24.3 Å². The van der Waals surface area contributed by atoms with E-state index in [2.05, 4.69) is 35.5 Å². The predicted octanol–water partition coefficient (Wildman–Crippen LogP) is 1.99. The maximum absolute atomic E-state index is 11.9. The SMILES string of the molecule is CCNCc1ccc(C)c(-n2ccc(C(=O)N(C)C)n2)c1. The third-order valence-electron chi connectivity index (χ3n) is 3.31. The van der Waals surface area contributed by atoms with Gasteiger partial charge in [-0.3, -0.25) is 4.79 Å². The van der Waals surface area contributed by atoms with Gasteiger partial charge < -0.3 is 10.2 Å². The topological polar surface area (TPSA) is 50.2 Å². The Kier molecular flexibility index (Phi) is 4.75. The summed E-state index contributed by atoms with van der Waals surface area (Å²) in [6.45, 7) is 5.89. The Morgan fingerprint density at radius 1 is 1.33 bits per heavy atom. The van der Waals surface area contributed by atoms with Crippen molar-refractivity contribution in [3.8, 4) is 5.69 Å². The van der Waals surface area contributed by atoms with E-state index in [4.69, 9.17) is 0 Å². The van der Waals surface area contributed by atoms with Gasteiger partial charge in [0.15, 0.2) is 5.69 Å². The average molecular weight is 286 g/mol. The predicted molar refractivity (Wildman–Crippen MR) is 83.7 cm³/mol. The Bertz CT molecular complexity index is 631. The Morgan fingerprint density at radius 3 is 2.76 bits per heavy atom. The van der Waals surface area contributed by atoms with Crippen LogP contribution in [0.5, 0.6) is 0 Å². The molecule has 0 unspecified atom stereocenters. The zero-order chi connectivity index (χ0) is 15.4. The number of carbonyl (C=O) groups is 1. The van der Waals surface area contributed by atoms with E-state index < -0.39 is 0 Å². The normalized spacial score (nSPS) is 10.7. The minimum absolute atomic E-state index is 0.0878. The lowest BCUT2D eigenvalue weighted by molar-refractivity contribution is 0.0821. The maximum atomic E-state index is 11.9. The lowest BCUT2D eigenvalue weighted by atomic mass is 10.1. The van der Waals surface area contributed by atoms with Crippen molar-refractivity contribution < 1.29 is 4.79 Å². The number of aromatic nitrogens is 2. The van der Waals surface area contributed by atoms with Gasteiger partial charge in [-0.25, -0.2) is 4.68 Å². The molecule has 2 aromatic rings. The number of hydrogen-bond acceptors (Lipinski definition) is 3. The van der Waals surface area contributed by atoms with Crippen LogP contribution in [0.25, 0.3) is 5.69 Å². The summed E-state index contributed by atoms with van der Waals surface area (Å²) in [5, 5.41) is 7.70. The van der Waals surface area contributed by atoms with Gasteiger partial charge in [0.1, 0.15) is 0 Å². The molecule has 0 aliphatic carbocycles. The van der Waals surface area contributed by atoms with Crippen molar-refractivity contribution in [2.24, 2.45) is 0 Å². The van der Waals surface area contributed by atoms with Crippen molar-refractivity contribution >= 4 is 5.91 Å². The van der Waals surface area contributed by atoms with Crippen LogP contribution in [0.1, 0.15) is 28.5 Å². The maximum Gasteiger partial charge on any atom is 0.273 e. The van der Waals surface area contributed by atoms with E-state index >= 15 is 0 Å². The summed E-state index contributed by atoms with van der Waals surface area (Å²) in [4.78, 5) is 13.5. The summed E-state index contributed by atoms with van der Waals surface area (Å²) >= 11 is 0. The molecule has 1 heterocycles. The molecule has 0 bridgehead atoms. The van der Waals surface area contributed by atoms with Gasteiger partial charge in [-0.05, 0) is 36.7 Å². The molecule has 0 radical (unpaired) electrons. The van der Waals surface area contributed by atoms with Crippen molar-refractivity contribution in [3.63, 3.8) is 0 Å². The molecule has 0 fully saturated rings. The van der Waals surface area contributed by atoms with Crippen molar-refractivity contribution in [1.29, 1.82) is 0 Å².